The molecule has 1 saturated heterocycles. The average Bonchev–Trinajstić information content (AvgIpc) is 2.72. The summed E-state index contributed by atoms with van der Waals surface area (Å²) in [7, 11) is 0. The fraction of sp³-hybridized carbons (Fsp3) is 0.269. The summed E-state index contributed by atoms with van der Waals surface area (Å²) in [5.74, 6) is -1.32. The van der Waals surface area contributed by atoms with Crippen LogP contribution in [0.3, 0.4) is 0 Å². The number of amides is 4. The third-order valence-electron chi connectivity index (χ3n) is 6.09. The lowest BCUT2D eigenvalue weighted by molar-refractivity contribution is -0.122. The van der Waals surface area contributed by atoms with E-state index >= 15 is 0 Å². The highest BCUT2D eigenvalue weighted by Gasteiger charge is 2.37. The van der Waals surface area contributed by atoms with Crippen LogP contribution in [0.5, 0.6) is 0 Å². The van der Waals surface area contributed by atoms with Gasteiger partial charge >= 0.3 is 6.03 Å². The molecule has 0 saturated carbocycles. The minimum Gasteiger partial charge on any atom is -0.363 e. The fourth-order valence-corrected chi connectivity index (χ4v) is 4.63. The van der Waals surface area contributed by atoms with E-state index in [1.54, 1.807) is 18.2 Å². The second kappa shape index (κ2) is 7.79. The molecule has 6 heteroatoms. The van der Waals surface area contributed by atoms with Gasteiger partial charge in [0.15, 0.2) is 0 Å². The summed E-state index contributed by atoms with van der Waals surface area (Å²) < 4.78 is 0. The van der Waals surface area contributed by atoms with E-state index in [4.69, 9.17) is 0 Å². The van der Waals surface area contributed by atoms with Crippen LogP contribution in [0.25, 0.3) is 11.6 Å². The molecule has 2 aliphatic heterocycles. The highest BCUT2D eigenvalue weighted by molar-refractivity contribution is 6.39. The Balaban J connectivity index is 1.76. The number of aryl methyl sites for hydroxylation is 1. The molecule has 0 aliphatic carbocycles. The van der Waals surface area contributed by atoms with Gasteiger partial charge in [-0.3, -0.25) is 14.9 Å². The van der Waals surface area contributed by atoms with E-state index in [1.807, 2.05) is 37.3 Å². The van der Waals surface area contributed by atoms with E-state index in [0.717, 1.165) is 39.4 Å². The van der Waals surface area contributed by atoms with Crippen molar-refractivity contribution in [3.8, 4) is 0 Å². The highest BCUT2D eigenvalue weighted by atomic mass is 16.2. The number of urea groups is 1. The van der Waals surface area contributed by atoms with Crippen LogP contribution in [0, 0.1) is 6.92 Å². The maximum Gasteiger partial charge on any atom is 0.335 e. The Bertz CT molecular complexity index is 1210. The number of hydrogen-bond donors (Lipinski definition) is 1. The molecule has 2 aromatic rings. The number of nitrogens with zero attached hydrogens (tertiary/aromatic N) is 2. The molecule has 2 heterocycles. The van der Waals surface area contributed by atoms with Crippen molar-refractivity contribution < 1.29 is 14.4 Å². The molecule has 6 nitrogen and oxygen atoms in total. The Morgan fingerprint density at radius 2 is 1.72 bits per heavy atom. The minimum atomic E-state index is -0.739. The molecule has 0 radical (unpaired) electrons. The summed E-state index contributed by atoms with van der Waals surface area (Å²) in [6.07, 6.45) is 3.78. The molecule has 2 aliphatic rings. The summed E-state index contributed by atoms with van der Waals surface area (Å²) in [4.78, 5) is 41.6. The van der Waals surface area contributed by atoms with E-state index < -0.39 is 17.8 Å². The molecule has 0 bridgehead atoms. The lowest BCUT2D eigenvalue weighted by atomic mass is 9.88. The van der Waals surface area contributed by atoms with Gasteiger partial charge < -0.3 is 4.90 Å². The molecule has 0 spiro atoms. The molecule has 164 valence electrons. The van der Waals surface area contributed by atoms with Gasteiger partial charge in [-0.1, -0.05) is 30.3 Å². The summed E-state index contributed by atoms with van der Waals surface area (Å²) >= 11 is 0. The van der Waals surface area contributed by atoms with Gasteiger partial charge in [0, 0.05) is 17.8 Å². The maximum absolute atomic E-state index is 13.2. The molecule has 1 fully saturated rings. The number of carbonyl (C=O) groups is 3. The van der Waals surface area contributed by atoms with Gasteiger partial charge in [-0.15, -0.1) is 0 Å². The number of allylic oxidation sites excluding steroid dienone is 1. The molecule has 2 aromatic carbocycles. The van der Waals surface area contributed by atoms with Crippen LogP contribution in [0.1, 0.15) is 44.4 Å². The molecule has 0 unspecified atom stereocenters. The number of likely N-dealkylation sites (N-methyl/N-ethyl adjacent to an activating group) is 1. The van der Waals surface area contributed by atoms with Crippen molar-refractivity contribution in [2.45, 2.75) is 40.2 Å². The maximum atomic E-state index is 13.2. The summed E-state index contributed by atoms with van der Waals surface area (Å²) in [6, 6.07) is 12.3. The van der Waals surface area contributed by atoms with Crippen LogP contribution in [-0.2, 0) is 9.59 Å². The van der Waals surface area contributed by atoms with Crippen molar-refractivity contribution in [3.05, 3.63) is 70.8 Å². The van der Waals surface area contributed by atoms with E-state index in [-0.39, 0.29) is 11.1 Å². The van der Waals surface area contributed by atoms with E-state index in [2.05, 4.69) is 44.0 Å². The average molecular weight is 430 g/mol. The normalized spacial score (nSPS) is 19.1. The number of barbiturate groups is 1. The fourth-order valence-electron chi connectivity index (χ4n) is 4.63. The number of nitrogens with one attached hydrogen (secondary N) is 1. The third-order valence-corrected chi connectivity index (χ3v) is 6.09. The first kappa shape index (κ1) is 21.6. The van der Waals surface area contributed by atoms with Gasteiger partial charge in [0.1, 0.15) is 5.57 Å². The zero-order valence-electron chi connectivity index (χ0n) is 19.0. The Morgan fingerprint density at radius 3 is 2.41 bits per heavy atom. The summed E-state index contributed by atoms with van der Waals surface area (Å²) in [5.41, 5.74) is 5.11. The Kier molecular flexibility index (Phi) is 5.25. The number of hydrogen-bond acceptors (Lipinski definition) is 4. The van der Waals surface area contributed by atoms with Crippen LogP contribution < -0.4 is 15.1 Å². The number of imide groups is 2. The lowest BCUT2D eigenvalue weighted by Crippen LogP contribution is -2.54. The van der Waals surface area contributed by atoms with Gasteiger partial charge in [0.2, 0.25) is 0 Å². The predicted octanol–water partition coefficient (Wildman–Crippen LogP) is 4.68. The third kappa shape index (κ3) is 3.51. The number of anilines is 2. The Hall–Kier alpha value is -3.67. The van der Waals surface area contributed by atoms with E-state index in [9.17, 15) is 14.4 Å². The van der Waals surface area contributed by atoms with Crippen molar-refractivity contribution in [1.29, 1.82) is 0 Å². The monoisotopic (exact) mass is 429 g/mol. The lowest BCUT2D eigenvalue weighted by Gasteiger charge is -2.42. The molecular formula is C26H27N3O3. The van der Waals surface area contributed by atoms with Crippen molar-refractivity contribution in [3.63, 3.8) is 0 Å². The smallest absolute Gasteiger partial charge is 0.335 e. The second-order valence-corrected chi connectivity index (χ2v) is 8.75. The predicted molar refractivity (Wildman–Crippen MR) is 127 cm³/mol. The minimum absolute atomic E-state index is 0.0714. The van der Waals surface area contributed by atoms with Crippen LogP contribution >= 0.6 is 0 Å². The van der Waals surface area contributed by atoms with Crippen LogP contribution in [0.15, 0.2) is 54.1 Å². The first-order chi connectivity index (χ1) is 15.1. The summed E-state index contributed by atoms with van der Waals surface area (Å²) in [5, 5.41) is 2.29. The number of benzene rings is 2. The highest BCUT2D eigenvalue weighted by Crippen LogP contribution is 2.39. The van der Waals surface area contributed by atoms with E-state index in [0.29, 0.717) is 5.69 Å². The molecule has 0 atom stereocenters. The SMILES string of the molecule is CCN1c2ccc(/C=C3/C(=O)NC(=O)N(c4ccccc4C)C3=O)cc2C(C)=CC1(C)C. The number of carbonyl (C=O) groups excluding carboxylic acids is 3. The van der Waals surface area contributed by atoms with Gasteiger partial charge in [0.05, 0.1) is 11.2 Å². The second-order valence-electron chi connectivity index (χ2n) is 8.75. The zero-order chi connectivity index (χ0) is 23.2. The van der Waals surface area contributed by atoms with Crippen molar-refractivity contribution in [1.82, 2.24) is 5.32 Å². The van der Waals surface area contributed by atoms with Gasteiger partial charge in [-0.2, -0.15) is 0 Å². The molecule has 4 rings (SSSR count). The Labute approximate surface area is 188 Å². The number of rotatable bonds is 3. The quantitative estimate of drug-likeness (QED) is 0.568. The van der Waals surface area contributed by atoms with Crippen LogP contribution in [0.2, 0.25) is 0 Å². The number of fused-ring (bicyclic) bond motifs is 1. The van der Waals surface area contributed by atoms with Crippen molar-refractivity contribution in [2.75, 3.05) is 16.3 Å². The Morgan fingerprint density at radius 1 is 1.00 bits per heavy atom. The van der Waals surface area contributed by atoms with Gasteiger partial charge in [-0.25, -0.2) is 9.69 Å². The van der Waals surface area contributed by atoms with Gasteiger partial charge in [-0.05, 0) is 75.6 Å². The molecule has 0 aromatic heterocycles. The molecule has 4 amide bonds. The topological polar surface area (TPSA) is 69.7 Å². The first-order valence-electron chi connectivity index (χ1n) is 10.7. The zero-order valence-corrected chi connectivity index (χ0v) is 19.0. The molecular weight excluding hydrogens is 402 g/mol. The molecule has 32 heavy (non-hydrogen) atoms. The standard InChI is InChI=1S/C26H27N3O3/c1-6-28-22-12-11-18(13-19(22)17(3)15-26(28,4)5)14-20-23(30)27-25(32)29(24(20)31)21-10-8-7-9-16(21)2/h7-15H,6H2,1-5H3,(H,27,30,32)/b20-14-. The number of para-hydroxylation sites is 1. The van der Waals surface area contributed by atoms with Crippen molar-refractivity contribution in [2.24, 2.45) is 0 Å². The van der Waals surface area contributed by atoms with Crippen LogP contribution in [-0.4, -0.2) is 29.9 Å². The largest absolute Gasteiger partial charge is 0.363 e. The van der Waals surface area contributed by atoms with Gasteiger partial charge in [0.25, 0.3) is 11.8 Å². The van der Waals surface area contributed by atoms with Crippen LogP contribution in [0.4, 0.5) is 16.2 Å². The molecule has 1 N–H and O–H groups in total. The summed E-state index contributed by atoms with van der Waals surface area (Å²) in [6.45, 7) is 11.2. The van der Waals surface area contributed by atoms with E-state index in [1.165, 1.54) is 0 Å². The first-order valence-corrected chi connectivity index (χ1v) is 10.7. The van der Waals surface area contributed by atoms with Crippen molar-refractivity contribution >= 4 is 40.9 Å².